The van der Waals surface area contributed by atoms with Crippen LogP contribution in [0, 0.1) is 11.8 Å². The predicted molar refractivity (Wildman–Crippen MR) is 58.0 cm³/mol. The van der Waals surface area contributed by atoms with E-state index in [9.17, 15) is 0 Å². The number of nitrogens with two attached hydrogens (primary N) is 1. The number of hydrazine groups is 1. The van der Waals surface area contributed by atoms with Gasteiger partial charge in [0.15, 0.2) is 0 Å². The molecular formula is C11H16N4. The molecule has 3 N–H and O–H groups in total. The lowest BCUT2D eigenvalue weighted by Crippen LogP contribution is -2.15. The van der Waals surface area contributed by atoms with Gasteiger partial charge in [-0.2, -0.15) is 0 Å². The molecule has 4 heteroatoms. The van der Waals surface area contributed by atoms with Gasteiger partial charge >= 0.3 is 0 Å². The fourth-order valence-electron chi connectivity index (χ4n) is 3.19. The van der Waals surface area contributed by atoms with E-state index in [1.54, 1.807) is 12.3 Å². The van der Waals surface area contributed by atoms with Crippen molar-refractivity contribution in [2.45, 2.75) is 31.6 Å². The summed E-state index contributed by atoms with van der Waals surface area (Å²) in [6.45, 7) is 0. The number of nitrogens with one attached hydrogen (secondary N) is 1. The number of hydrogen-bond acceptors (Lipinski definition) is 4. The number of nitrogen functional groups attached to an aromatic ring is 1. The van der Waals surface area contributed by atoms with Crippen LogP contribution in [0.2, 0.25) is 0 Å². The zero-order valence-electron chi connectivity index (χ0n) is 8.69. The number of hydrogen-bond donors (Lipinski definition) is 2. The summed E-state index contributed by atoms with van der Waals surface area (Å²) in [5.41, 5.74) is 2.58. The molecule has 3 rings (SSSR count). The van der Waals surface area contributed by atoms with E-state index in [1.165, 1.54) is 25.7 Å². The molecule has 2 saturated carbocycles. The van der Waals surface area contributed by atoms with Crippen LogP contribution in [-0.4, -0.2) is 9.97 Å². The third-order valence-electron chi connectivity index (χ3n) is 3.89. The third-order valence-corrected chi connectivity index (χ3v) is 3.89. The zero-order chi connectivity index (χ0) is 10.3. The molecule has 15 heavy (non-hydrogen) atoms. The van der Waals surface area contributed by atoms with Gasteiger partial charge in [0.05, 0.1) is 0 Å². The molecule has 2 aliphatic carbocycles. The predicted octanol–water partition coefficient (Wildman–Crippen LogP) is 1.67. The van der Waals surface area contributed by atoms with Crippen LogP contribution in [0.15, 0.2) is 12.3 Å². The van der Waals surface area contributed by atoms with Gasteiger partial charge in [-0.1, -0.05) is 6.42 Å². The molecule has 80 valence electrons. The van der Waals surface area contributed by atoms with Gasteiger partial charge in [-0.15, -0.1) is 0 Å². The van der Waals surface area contributed by atoms with Crippen molar-refractivity contribution >= 4 is 5.82 Å². The number of fused-ring (bicyclic) bond motifs is 2. The van der Waals surface area contributed by atoms with Gasteiger partial charge in [0, 0.05) is 18.2 Å². The van der Waals surface area contributed by atoms with Crippen molar-refractivity contribution in [2.24, 2.45) is 17.7 Å². The van der Waals surface area contributed by atoms with E-state index in [4.69, 9.17) is 5.84 Å². The molecule has 2 fully saturated rings. The monoisotopic (exact) mass is 204 g/mol. The quantitative estimate of drug-likeness (QED) is 0.568. The maximum Gasteiger partial charge on any atom is 0.143 e. The lowest BCUT2D eigenvalue weighted by molar-refractivity contribution is 0.405. The molecule has 3 atom stereocenters. The summed E-state index contributed by atoms with van der Waals surface area (Å²) in [4.78, 5) is 8.83. The Morgan fingerprint density at radius 3 is 2.93 bits per heavy atom. The Kier molecular flexibility index (Phi) is 2.09. The molecule has 1 heterocycles. The van der Waals surface area contributed by atoms with Gasteiger partial charge in [0.2, 0.25) is 0 Å². The van der Waals surface area contributed by atoms with Gasteiger partial charge in [-0.05, 0) is 31.1 Å². The Labute approximate surface area is 89.3 Å². The summed E-state index contributed by atoms with van der Waals surface area (Å²) in [5, 5.41) is 0. The summed E-state index contributed by atoms with van der Waals surface area (Å²) in [5.74, 6) is 9.39. The number of aromatic nitrogens is 2. The Morgan fingerprint density at radius 1 is 1.33 bits per heavy atom. The number of anilines is 1. The van der Waals surface area contributed by atoms with E-state index in [-0.39, 0.29) is 0 Å². The highest BCUT2D eigenvalue weighted by molar-refractivity contribution is 5.31. The maximum absolute atomic E-state index is 5.35. The summed E-state index contributed by atoms with van der Waals surface area (Å²) in [6, 6.07) is 1.80. The van der Waals surface area contributed by atoms with Gasteiger partial charge in [-0.25, -0.2) is 15.8 Å². The van der Waals surface area contributed by atoms with E-state index in [0.717, 1.165) is 23.5 Å². The highest BCUT2D eigenvalue weighted by atomic mass is 15.3. The van der Waals surface area contributed by atoms with Crippen molar-refractivity contribution in [2.75, 3.05) is 5.43 Å². The topological polar surface area (TPSA) is 63.8 Å². The van der Waals surface area contributed by atoms with Gasteiger partial charge in [0.1, 0.15) is 11.6 Å². The molecule has 0 radical (unpaired) electrons. The van der Waals surface area contributed by atoms with Crippen molar-refractivity contribution in [3.05, 3.63) is 18.1 Å². The van der Waals surface area contributed by atoms with Crippen molar-refractivity contribution in [3.8, 4) is 0 Å². The van der Waals surface area contributed by atoms with Crippen LogP contribution in [0.25, 0.3) is 0 Å². The summed E-state index contributed by atoms with van der Waals surface area (Å²) >= 11 is 0. The van der Waals surface area contributed by atoms with E-state index < -0.39 is 0 Å². The third kappa shape index (κ3) is 1.49. The standard InChI is InChI=1S/C11H16N4/c12-15-10-3-4-13-11(14-10)9-6-7-1-2-8(9)5-7/h3-4,7-9H,1-2,5-6,12H2,(H,13,14,15). The molecule has 0 saturated heterocycles. The first-order chi connectivity index (χ1) is 7.36. The summed E-state index contributed by atoms with van der Waals surface area (Å²) < 4.78 is 0. The average molecular weight is 204 g/mol. The van der Waals surface area contributed by atoms with Crippen LogP contribution < -0.4 is 11.3 Å². The lowest BCUT2D eigenvalue weighted by Gasteiger charge is -2.20. The molecule has 0 spiro atoms. The minimum Gasteiger partial charge on any atom is -0.308 e. The first-order valence-corrected chi connectivity index (χ1v) is 5.66. The minimum absolute atomic E-state index is 0.581. The SMILES string of the molecule is NNc1ccnc(C2CC3CCC2C3)n1. The van der Waals surface area contributed by atoms with Crippen LogP contribution in [0.3, 0.4) is 0 Å². The van der Waals surface area contributed by atoms with Gasteiger partial charge in [-0.3, -0.25) is 0 Å². The summed E-state index contributed by atoms with van der Waals surface area (Å²) in [6.07, 6.45) is 7.23. The Hall–Kier alpha value is -1.16. The number of rotatable bonds is 2. The fraction of sp³-hybridized carbons (Fsp3) is 0.636. The molecule has 3 unspecified atom stereocenters. The van der Waals surface area contributed by atoms with Crippen LogP contribution in [0.4, 0.5) is 5.82 Å². The van der Waals surface area contributed by atoms with Crippen LogP contribution in [0.5, 0.6) is 0 Å². The fourth-order valence-corrected chi connectivity index (χ4v) is 3.19. The molecule has 1 aromatic rings. The lowest BCUT2D eigenvalue weighted by atomic mass is 9.88. The van der Waals surface area contributed by atoms with Gasteiger partial charge < -0.3 is 5.43 Å². The number of nitrogens with zero attached hydrogens (tertiary/aromatic N) is 2. The molecule has 0 amide bonds. The second kappa shape index (κ2) is 3.45. The van der Waals surface area contributed by atoms with Gasteiger partial charge in [0.25, 0.3) is 0 Å². The van der Waals surface area contributed by atoms with Crippen molar-refractivity contribution in [1.82, 2.24) is 9.97 Å². The second-order valence-corrected chi connectivity index (χ2v) is 4.73. The molecule has 0 aliphatic heterocycles. The molecule has 2 aliphatic rings. The highest BCUT2D eigenvalue weighted by Crippen LogP contribution is 2.52. The Balaban J connectivity index is 1.86. The molecule has 2 bridgehead atoms. The van der Waals surface area contributed by atoms with Crippen molar-refractivity contribution in [3.63, 3.8) is 0 Å². The minimum atomic E-state index is 0.581. The smallest absolute Gasteiger partial charge is 0.143 e. The highest BCUT2D eigenvalue weighted by Gasteiger charge is 2.41. The van der Waals surface area contributed by atoms with Crippen molar-refractivity contribution in [1.29, 1.82) is 0 Å². The van der Waals surface area contributed by atoms with Crippen LogP contribution >= 0.6 is 0 Å². The molecule has 4 nitrogen and oxygen atoms in total. The second-order valence-electron chi connectivity index (χ2n) is 4.73. The summed E-state index contributed by atoms with van der Waals surface area (Å²) in [7, 11) is 0. The van der Waals surface area contributed by atoms with Crippen LogP contribution in [-0.2, 0) is 0 Å². The Morgan fingerprint density at radius 2 is 2.27 bits per heavy atom. The average Bonchev–Trinajstić information content (AvgIpc) is 2.91. The van der Waals surface area contributed by atoms with Crippen molar-refractivity contribution < 1.29 is 0 Å². The first-order valence-electron chi connectivity index (χ1n) is 5.66. The largest absolute Gasteiger partial charge is 0.308 e. The molecular weight excluding hydrogens is 188 g/mol. The zero-order valence-corrected chi connectivity index (χ0v) is 8.69. The van der Waals surface area contributed by atoms with E-state index >= 15 is 0 Å². The Bertz CT molecular complexity index is 365. The first kappa shape index (κ1) is 9.09. The van der Waals surface area contributed by atoms with E-state index in [2.05, 4.69) is 15.4 Å². The van der Waals surface area contributed by atoms with E-state index in [0.29, 0.717) is 5.92 Å². The normalized spacial score (nSPS) is 33.3. The maximum atomic E-state index is 5.35. The van der Waals surface area contributed by atoms with E-state index in [1.807, 2.05) is 0 Å². The molecule has 0 aromatic carbocycles. The molecule has 1 aromatic heterocycles. The van der Waals surface area contributed by atoms with Crippen LogP contribution in [0.1, 0.15) is 37.4 Å².